The molecule has 1 saturated carbocycles. The van der Waals surface area contributed by atoms with Gasteiger partial charge in [-0.25, -0.2) is 5.01 Å². The molecule has 4 nitrogen and oxygen atoms in total. The second kappa shape index (κ2) is 2.44. The van der Waals surface area contributed by atoms with Gasteiger partial charge in [0.05, 0.1) is 5.92 Å². The van der Waals surface area contributed by atoms with Crippen LogP contribution >= 0.6 is 0 Å². The third kappa shape index (κ3) is 1.11. The quantitative estimate of drug-likeness (QED) is 0.545. The van der Waals surface area contributed by atoms with Crippen molar-refractivity contribution in [1.82, 2.24) is 5.01 Å². The fraction of sp³-hybridized carbons (Fsp3) is 0.875. The number of hydrogen-bond acceptors (Lipinski definition) is 3. The molecule has 2 rings (SSSR count). The van der Waals surface area contributed by atoms with Crippen LogP contribution in [-0.4, -0.2) is 29.2 Å². The van der Waals surface area contributed by atoms with Gasteiger partial charge in [0.25, 0.3) is 0 Å². The Labute approximate surface area is 71.3 Å². The van der Waals surface area contributed by atoms with Gasteiger partial charge in [-0.05, 0) is 24.7 Å². The number of nitrogens with two attached hydrogens (primary N) is 1. The van der Waals surface area contributed by atoms with Gasteiger partial charge in [0.1, 0.15) is 0 Å². The molecule has 1 aliphatic carbocycles. The molecular formula is C8H14N2O2. The van der Waals surface area contributed by atoms with Gasteiger partial charge in [0.2, 0.25) is 0 Å². The van der Waals surface area contributed by atoms with Crippen LogP contribution in [0.4, 0.5) is 0 Å². The lowest BCUT2D eigenvalue weighted by molar-refractivity contribution is -0.139. The highest BCUT2D eigenvalue weighted by Gasteiger charge is 2.58. The highest BCUT2D eigenvalue weighted by molar-refractivity contribution is 5.74. The van der Waals surface area contributed by atoms with Gasteiger partial charge in [-0.3, -0.25) is 10.6 Å². The van der Waals surface area contributed by atoms with E-state index in [0.29, 0.717) is 0 Å². The lowest BCUT2D eigenvalue weighted by Gasteiger charge is -2.28. The zero-order valence-electron chi connectivity index (χ0n) is 6.99. The minimum absolute atomic E-state index is 0.0776. The van der Waals surface area contributed by atoms with E-state index in [2.05, 4.69) is 0 Å². The van der Waals surface area contributed by atoms with Crippen molar-refractivity contribution in [2.45, 2.75) is 19.3 Å². The van der Waals surface area contributed by atoms with Crippen LogP contribution in [0.5, 0.6) is 0 Å². The van der Waals surface area contributed by atoms with E-state index in [9.17, 15) is 4.79 Å². The van der Waals surface area contributed by atoms with Crippen LogP contribution in [0.15, 0.2) is 0 Å². The van der Waals surface area contributed by atoms with Crippen LogP contribution < -0.4 is 5.84 Å². The fourth-order valence-electron chi connectivity index (χ4n) is 2.22. The molecule has 3 N–H and O–H groups in total. The molecule has 1 heterocycles. The predicted octanol–water partition coefficient (Wildman–Crippen LogP) is 0.0468. The minimum atomic E-state index is -0.625. The van der Waals surface area contributed by atoms with Gasteiger partial charge < -0.3 is 5.11 Å². The topological polar surface area (TPSA) is 66.6 Å². The van der Waals surface area contributed by atoms with E-state index in [1.807, 2.05) is 0 Å². The Hall–Kier alpha value is -0.610. The van der Waals surface area contributed by atoms with Crippen molar-refractivity contribution in [2.75, 3.05) is 13.1 Å². The van der Waals surface area contributed by atoms with Crippen LogP contribution in [-0.2, 0) is 4.79 Å². The molecule has 2 aliphatic rings. The maximum atomic E-state index is 10.7. The third-order valence-corrected chi connectivity index (χ3v) is 3.28. The summed E-state index contributed by atoms with van der Waals surface area (Å²) in [6, 6.07) is 0. The Bertz CT molecular complexity index is 209. The van der Waals surface area contributed by atoms with Gasteiger partial charge in [0.15, 0.2) is 0 Å². The molecule has 0 amide bonds. The smallest absolute Gasteiger partial charge is 0.307 e. The molecule has 1 aliphatic heterocycles. The molecule has 0 aromatic carbocycles. The molecule has 4 heteroatoms. The van der Waals surface area contributed by atoms with E-state index in [0.717, 1.165) is 32.4 Å². The number of carboxylic acids is 1. The molecule has 0 bridgehead atoms. The van der Waals surface area contributed by atoms with Gasteiger partial charge in [-0.15, -0.1) is 0 Å². The molecule has 68 valence electrons. The molecule has 1 unspecified atom stereocenters. The summed E-state index contributed by atoms with van der Waals surface area (Å²) in [5.41, 5.74) is 0.127. The second-order valence-electron chi connectivity index (χ2n) is 3.99. The number of aliphatic carboxylic acids is 1. The van der Waals surface area contributed by atoms with Gasteiger partial charge in [-0.1, -0.05) is 0 Å². The third-order valence-electron chi connectivity index (χ3n) is 3.28. The summed E-state index contributed by atoms with van der Waals surface area (Å²) in [6.07, 6.45) is 2.79. The first-order valence-electron chi connectivity index (χ1n) is 4.36. The second-order valence-corrected chi connectivity index (χ2v) is 3.99. The van der Waals surface area contributed by atoms with E-state index in [-0.39, 0.29) is 11.3 Å². The number of nitrogens with zero attached hydrogens (tertiary/aromatic N) is 1. The molecule has 0 aromatic heterocycles. The van der Waals surface area contributed by atoms with Gasteiger partial charge in [0, 0.05) is 13.1 Å². The first kappa shape index (κ1) is 8.01. The summed E-state index contributed by atoms with van der Waals surface area (Å²) >= 11 is 0. The van der Waals surface area contributed by atoms with Crippen LogP contribution in [0.25, 0.3) is 0 Å². The molecule has 1 saturated heterocycles. The van der Waals surface area contributed by atoms with E-state index in [1.54, 1.807) is 5.01 Å². The molecule has 0 radical (unpaired) electrons. The Morgan fingerprint density at radius 2 is 2.08 bits per heavy atom. The van der Waals surface area contributed by atoms with Crippen molar-refractivity contribution < 1.29 is 9.90 Å². The monoisotopic (exact) mass is 170 g/mol. The van der Waals surface area contributed by atoms with Crippen LogP contribution in [0.1, 0.15) is 19.3 Å². The zero-order valence-corrected chi connectivity index (χ0v) is 6.99. The van der Waals surface area contributed by atoms with Crippen molar-refractivity contribution in [3.63, 3.8) is 0 Å². The summed E-state index contributed by atoms with van der Waals surface area (Å²) < 4.78 is 0. The Kier molecular flexibility index (Phi) is 1.63. The summed E-state index contributed by atoms with van der Waals surface area (Å²) in [7, 11) is 0. The van der Waals surface area contributed by atoms with Crippen LogP contribution in [0.2, 0.25) is 0 Å². The molecule has 2 fully saturated rings. The van der Waals surface area contributed by atoms with Crippen molar-refractivity contribution in [2.24, 2.45) is 17.2 Å². The van der Waals surface area contributed by atoms with E-state index < -0.39 is 5.97 Å². The number of carboxylic acid groups (broad SMARTS) is 1. The van der Waals surface area contributed by atoms with Crippen molar-refractivity contribution in [3.05, 3.63) is 0 Å². The van der Waals surface area contributed by atoms with Gasteiger partial charge >= 0.3 is 5.97 Å². The maximum absolute atomic E-state index is 10.7. The molecular weight excluding hydrogens is 156 g/mol. The average Bonchev–Trinajstić information content (AvgIpc) is 2.72. The number of hydrazine groups is 1. The standard InChI is InChI=1S/C8H14N2O2/c9-10-3-1-8(2-4-10)5-6(8)7(11)12/h6H,1-5,9H2,(H,11,12). The molecule has 1 spiro atoms. The predicted molar refractivity (Wildman–Crippen MR) is 43.2 cm³/mol. The number of hydrogen-bond donors (Lipinski definition) is 2. The highest BCUT2D eigenvalue weighted by Crippen LogP contribution is 2.59. The van der Waals surface area contributed by atoms with Gasteiger partial charge in [-0.2, -0.15) is 0 Å². The van der Waals surface area contributed by atoms with Crippen molar-refractivity contribution in [1.29, 1.82) is 0 Å². The Morgan fingerprint density at radius 1 is 1.50 bits per heavy atom. The van der Waals surface area contributed by atoms with Crippen LogP contribution in [0, 0.1) is 11.3 Å². The number of carbonyl (C=O) groups is 1. The summed E-state index contributed by atoms with van der Waals surface area (Å²) in [6.45, 7) is 1.70. The van der Waals surface area contributed by atoms with E-state index in [1.165, 1.54) is 0 Å². The van der Waals surface area contributed by atoms with E-state index >= 15 is 0 Å². The Balaban J connectivity index is 1.95. The summed E-state index contributed by atoms with van der Waals surface area (Å²) in [4.78, 5) is 10.7. The molecule has 1 atom stereocenters. The first-order chi connectivity index (χ1) is 5.64. The Morgan fingerprint density at radius 3 is 2.50 bits per heavy atom. The number of piperidine rings is 1. The summed E-state index contributed by atoms with van der Waals surface area (Å²) in [5.74, 6) is 4.89. The summed E-state index contributed by atoms with van der Waals surface area (Å²) in [5, 5.41) is 10.6. The lowest BCUT2D eigenvalue weighted by atomic mass is 9.92. The lowest BCUT2D eigenvalue weighted by Crippen LogP contribution is -2.40. The minimum Gasteiger partial charge on any atom is -0.481 e. The number of rotatable bonds is 1. The maximum Gasteiger partial charge on any atom is 0.307 e. The molecule has 12 heavy (non-hydrogen) atoms. The van der Waals surface area contributed by atoms with Crippen LogP contribution in [0.3, 0.4) is 0 Å². The normalized spacial score (nSPS) is 33.6. The fourth-order valence-corrected chi connectivity index (χ4v) is 2.22. The average molecular weight is 170 g/mol. The zero-order chi connectivity index (χ0) is 8.77. The highest BCUT2D eigenvalue weighted by atomic mass is 16.4. The van der Waals surface area contributed by atoms with Crippen molar-refractivity contribution in [3.8, 4) is 0 Å². The SMILES string of the molecule is NN1CCC2(CC1)CC2C(=O)O. The van der Waals surface area contributed by atoms with E-state index in [4.69, 9.17) is 10.9 Å². The first-order valence-corrected chi connectivity index (χ1v) is 4.36. The molecule has 0 aromatic rings. The van der Waals surface area contributed by atoms with Crippen molar-refractivity contribution >= 4 is 5.97 Å². The largest absolute Gasteiger partial charge is 0.481 e.